The normalized spacial score (nSPS) is 30.3. The number of nitrogens with one attached hydrogen (secondary N) is 3. The van der Waals surface area contributed by atoms with E-state index >= 15 is 0 Å². The highest BCUT2D eigenvalue weighted by Crippen LogP contribution is 2.32. The second kappa shape index (κ2) is 8.23. The molecule has 4 aliphatic rings. The van der Waals surface area contributed by atoms with Crippen LogP contribution in [0.25, 0.3) is 0 Å². The Morgan fingerprint density at radius 1 is 1.06 bits per heavy atom. The van der Waals surface area contributed by atoms with Crippen LogP contribution in [0, 0.1) is 5.82 Å². The summed E-state index contributed by atoms with van der Waals surface area (Å²) in [5.74, 6) is 1.25. The molecule has 1 saturated carbocycles. The number of ether oxygens (including phenoxy) is 1. The maximum absolute atomic E-state index is 14.0. The van der Waals surface area contributed by atoms with Crippen molar-refractivity contribution in [1.29, 1.82) is 0 Å². The van der Waals surface area contributed by atoms with Gasteiger partial charge in [0, 0.05) is 37.1 Å². The molecule has 1 saturated heterocycles. The average molecular weight is 454 g/mol. The molecule has 0 bridgehead atoms. The van der Waals surface area contributed by atoms with Crippen molar-refractivity contribution in [2.24, 2.45) is 0 Å². The van der Waals surface area contributed by atoms with Crippen molar-refractivity contribution in [2.75, 3.05) is 23.4 Å². The Morgan fingerprint density at radius 2 is 1.88 bits per heavy atom. The molecule has 3 atom stereocenters. The first-order valence-corrected chi connectivity index (χ1v) is 11.7. The molecule has 174 valence electrons. The molecule has 3 heterocycles. The number of nitrogens with zero attached hydrogens (tertiary/aromatic N) is 2. The Kier molecular flexibility index (Phi) is 5.20. The second-order valence-corrected chi connectivity index (χ2v) is 9.60. The summed E-state index contributed by atoms with van der Waals surface area (Å²) >= 11 is 0. The lowest BCUT2D eigenvalue weighted by Crippen LogP contribution is -2.56. The minimum atomic E-state index is -0.630. The Hall–Kier alpha value is -2.75. The van der Waals surface area contributed by atoms with Crippen LogP contribution >= 0.6 is 0 Å². The number of anilines is 2. The molecule has 4 N–H and O–H groups in total. The first-order valence-electron chi connectivity index (χ1n) is 11.7. The second-order valence-electron chi connectivity index (χ2n) is 9.60. The zero-order valence-corrected chi connectivity index (χ0v) is 18.3. The first kappa shape index (κ1) is 20.8. The van der Waals surface area contributed by atoms with Gasteiger partial charge in [-0.25, -0.2) is 9.37 Å². The van der Waals surface area contributed by atoms with Crippen molar-refractivity contribution < 1.29 is 19.0 Å². The zero-order chi connectivity index (χ0) is 22.5. The van der Waals surface area contributed by atoms with Gasteiger partial charge in [0.25, 0.3) is 5.91 Å². The van der Waals surface area contributed by atoms with Gasteiger partial charge in [0.1, 0.15) is 17.9 Å². The fraction of sp³-hybridized carbons (Fsp3) is 0.500. The van der Waals surface area contributed by atoms with Gasteiger partial charge in [-0.2, -0.15) is 0 Å². The number of hydrogen-bond acceptors (Lipinski definition) is 7. The Labute approximate surface area is 191 Å². The van der Waals surface area contributed by atoms with E-state index in [1.807, 2.05) is 17.0 Å². The summed E-state index contributed by atoms with van der Waals surface area (Å²) in [6.07, 6.45) is 3.71. The molecule has 8 nitrogen and oxygen atoms in total. The summed E-state index contributed by atoms with van der Waals surface area (Å²) in [5.41, 5.74) is 1.99. The third-order valence-electron chi connectivity index (χ3n) is 7.24. The van der Waals surface area contributed by atoms with Crippen LogP contribution in [0.3, 0.4) is 0 Å². The molecule has 9 heteroatoms. The predicted octanol–water partition coefficient (Wildman–Crippen LogP) is 1.33. The summed E-state index contributed by atoms with van der Waals surface area (Å²) in [5, 5.41) is 20.7. The molecule has 1 aromatic heterocycles. The minimum absolute atomic E-state index is 0.00579. The minimum Gasteiger partial charge on any atom is -0.480 e. The highest BCUT2D eigenvalue weighted by molar-refractivity contribution is 5.94. The van der Waals surface area contributed by atoms with E-state index in [0.717, 1.165) is 36.8 Å². The Bertz CT molecular complexity index is 1080. The maximum Gasteiger partial charge on any atom is 0.263 e. The number of amides is 1. The number of aliphatic hydroxyl groups is 1. The number of aromatic nitrogens is 1. The molecule has 2 aliphatic carbocycles. The molecule has 2 aromatic rings. The summed E-state index contributed by atoms with van der Waals surface area (Å²) in [6, 6.07) is 10.3. The van der Waals surface area contributed by atoms with Crippen molar-refractivity contribution >= 4 is 17.5 Å². The van der Waals surface area contributed by atoms with Gasteiger partial charge in [-0.15, -0.1) is 0 Å². The lowest BCUT2D eigenvalue weighted by atomic mass is 9.85. The fourth-order valence-electron chi connectivity index (χ4n) is 5.58. The number of aliphatic hydroxyl groups excluding tert-OH is 1. The lowest BCUT2D eigenvalue weighted by Gasteiger charge is -2.39. The monoisotopic (exact) mass is 453 g/mol. The third-order valence-corrected chi connectivity index (χ3v) is 7.24. The summed E-state index contributed by atoms with van der Waals surface area (Å²) in [4.78, 5) is 17.9. The molecule has 0 radical (unpaired) electrons. The van der Waals surface area contributed by atoms with Gasteiger partial charge < -0.3 is 30.7 Å². The number of benzene rings is 1. The lowest BCUT2D eigenvalue weighted by molar-refractivity contribution is -0.118. The Morgan fingerprint density at radius 3 is 2.70 bits per heavy atom. The summed E-state index contributed by atoms with van der Waals surface area (Å²) < 4.78 is 19.3. The van der Waals surface area contributed by atoms with Crippen molar-refractivity contribution in [3.05, 3.63) is 47.3 Å². The van der Waals surface area contributed by atoms with Gasteiger partial charge in [-0.3, -0.25) is 4.79 Å². The number of hydrogen-bond donors (Lipinski definition) is 4. The molecule has 6 rings (SSSR count). The quantitative estimate of drug-likeness (QED) is 0.542. The molecule has 1 aromatic carbocycles. The van der Waals surface area contributed by atoms with Crippen LogP contribution in [0.1, 0.15) is 30.4 Å². The maximum atomic E-state index is 14.0. The Balaban J connectivity index is 0.994. The number of halogens is 1. The van der Waals surface area contributed by atoms with Crippen molar-refractivity contribution in [2.45, 2.75) is 62.5 Å². The van der Waals surface area contributed by atoms with E-state index in [-0.39, 0.29) is 24.4 Å². The van der Waals surface area contributed by atoms with Crippen LogP contribution in [0.5, 0.6) is 5.75 Å². The highest BCUT2D eigenvalue weighted by atomic mass is 19.1. The van der Waals surface area contributed by atoms with Gasteiger partial charge in [0.15, 0.2) is 18.2 Å². The predicted molar refractivity (Wildman–Crippen MR) is 121 cm³/mol. The molecular weight excluding hydrogens is 425 g/mol. The van der Waals surface area contributed by atoms with E-state index in [2.05, 4.69) is 20.9 Å². The van der Waals surface area contributed by atoms with Gasteiger partial charge in [-0.1, -0.05) is 12.1 Å². The van der Waals surface area contributed by atoms with E-state index in [0.29, 0.717) is 48.5 Å². The van der Waals surface area contributed by atoms with Crippen molar-refractivity contribution in [3.8, 4) is 5.75 Å². The smallest absolute Gasteiger partial charge is 0.263 e. The van der Waals surface area contributed by atoms with Gasteiger partial charge in [-0.05, 0) is 55.0 Å². The molecule has 2 unspecified atom stereocenters. The van der Waals surface area contributed by atoms with Crippen LogP contribution in [0.2, 0.25) is 0 Å². The van der Waals surface area contributed by atoms with E-state index in [1.54, 1.807) is 18.2 Å². The third kappa shape index (κ3) is 4.05. The first-order chi connectivity index (χ1) is 16.0. The molecule has 2 aliphatic heterocycles. The van der Waals surface area contributed by atoms with Crippen molar-refractivity contribution in [1.82, 2.24) is 15.6 Å². The van der Waals surface area contributed by atoms with Crippen molar-refractivity contribution in [3.63, 3.8) is 0 Å². The van der Waals surface area contributed by atoms with Gasteiger partial charge >= 0.3 is 0 Å². The van der Waals surface area contributed by atoms with Crippen LogP contribution in [0.15, 0.2) is 30.3 Å². The number of rotatable bonds is 5. The highest BCUT2D eigenvalue weighted by Gasteiger charge is 2.38. The number of carbonyl (C=O) groups is 1. The SMILES string of the molecule is O=C1COc2ccc(N3C[C@H](NC4CC(NC5Cc6cccc(F)c6C5)C4)CC3O)nc2N1. The van der Waals surface area contributed by atoms with E-state index < -0.39 is 6.23 Å². The molecular formula is C24H28FN5O3. The molecule has 33 heavy (non-hydrogen) atoms. The summed E-state index contributed by atoms with van der Waals surface area (Å²) in [6.45, 7) is 0.641. The van der Waals surface area contributed by atoms with E-state index in [1.165, 1.54) is 0 Å². The topological polar surface area (TPSA) is 98.8 Å². The average Bonchev–Trinajstić information content (AvgIpc) is 3.35. The largest absolute Gasteiger partial charge is 0.480 e. The van der Waals surface area contributed by atoms with Crippen LogP contribution < -0.4 is 25.6 Å². The van der Waals surface area contributed by atoms with Crippen LogP contribution in [-0.2, 0) is 17.6 Å². The molecule has 0 spiro atoms. The zero-order valence-electron chi connectivity index (χ0n) is 18.3. The van der Waals surface area contributed by atoms with Gasteiger partial charge in [0.2, 0.25) is 0 Å². The van der Waals surface area contributed by atoms with Crippen LogP contribution in [-0.4, -0.2) is 59.5 Å². The van der Waals surface area contributed by atoms with E-state index in [9.17, 15) is 14.3 Å². The number of fused-ring (bicyclic) bond motifs is 2. The fourth-order valence-corrected chi connectivity index (χ4v) is 5.58. The van der Waals surface area contributed by atoms with Gasteiger partial charge in [0.05, 0.1) is 0 Å². The summed E-state index contributed by atoms with van der Waals surface area (Å²) in [7, 11) is 0. The number of carbonyl (C=O) groups excluding carboxylic acids is 1. The van der Waals surface area contributed by atoms with E-state index in [4.69, 9.17) is 4.74 Å². The van der Waals surface area contributed by atoms with Crippen LogP contribution in [0.4, 0.5) is 16.0 Å². The molecule has 2 fully saturated rings. The standard InChI is InChI=1S/C24H28FN5O3/c25-19-3-1-2-13-6-14(9-18(13)19)26-15-7-16(8-15)27-17-10-23(32)30(11-17)21-5-4-20-24(28-21)29-22(31)12-33-20/h1-5,14-17,23,26-27,32H,6-12H2,(H,28,29,31)/t14?,15?,16?,17-,23?/m1/s1. The number of pyridine rings is 1. The molecule has 1 amide bonds.